The second-order valence-corrected chi connectivity index (χ2v) is 3.49. The standard InChI is InChI=1S/C11H11F2N3O3/c12-11(13)7-19-4-3-15-9-2-1-8(6-14)10(5-9)16(17)18/h1-2,5,11,15H,3-4,7H2. The first-order valence-electron chi connectivity index (χ1n) is 5.33. The van der Waals surface area contributed by atoms with Crippen molar-refractivity contribution in [3.8, 4) is 6.07 Å². The molecular weight excluding hydrogens is 260 g/mol. The van der Waals surface area contributed by atoms with E-state index < -0.39 is 18.0 Å². The number of nitrogens with one attached hydrogen (secondary N) is 1. The maximum absolute atomic E-state index is 11.8. The quantitative estimate of drug-likeness (QED) is 0.466. The third kappa shape index (κ3) is 4.85. The van der Waals surface area contributed by atoms with Crippen molar-refractivity contribution in [1.29, 1.82) is 5.26 Å². The van der Waals surface area contributed by atoms with Crippen LogP contribution in [0.2, 0.25) is 0 Å². The molecule has 102 valence electrons. The molecule has 0 aliphatic rings. The van der Waals surface area contributed by atoms with Gasteiger partial charge in [0.25, 0.3) is 12.1 Å². The molecule has 1 rings (SSSR count). The van der Waals surface area contributed by atoms with E-state index in [4.69, 9.17) is 5.26 Å². The number of hydrogen-bond donors (Lipinski definition) is 1. The fourth-order valence-corrected chi connectivity index (χ4v) is 1.33. The summed E-state index contributed by atoms with van der Waals surface area (Å²) in [6.45, 7) is -0.358. The first kappa shape index (κ1) is 14.8. The van der Waals surface area contributed by atoms with E-state index in [0.29, 0.717) is 5.69 Å². The van der Waals surface area contributed by atoms with E-state index in [1.54, 1.807) is 6.07 Å². The van der Waals surface area contributed by atoms with E-state index in [0.717, 1.165) is 0 Å². The predicted molar refractivity (Wildman–Crippen MR) is 63.1 cm³/mol. The minimum Gasteiger partial charge on any atom is -0.383 e. The lowest BCUT2D eigenvalue weighted by Gasteiger charge is -2.07. The SMILES string of the molecule is N#Cc1ccc(NCCOCC(F)F)cc1[N+](=O)[O-]. The summed E-state index contributed by atoms with van der Waals surface area (Å²) in [5.74, 6) is 0. The monoisotopic (exact) mass is 271 g/mol. The van der Waals surface area contributed by atoms with Crippen LogP contribution in [0.15, 0.2) is 18.2 Å². The Kier molecular flexibility index (Phi) is 5.63. The topological polar surface area (TPSA) is 88.2 Å². The van der Waals surface area contributed by atoms with E-state index >= 15 is 0 Å². The van der Waals surface area contributed by atoms with Crippen LogP contribution in [0.5, 0.6) is 0 Å². The number of nitriles is 1. The number of alkyl halides is 2. The number of hydrogen-bond acceptors (Lipinski definition) is 5. The lowest BCUT2D eigenvalue weighted by atomic mass is 10.2. The Morgan fingerprint density at radius 1 is 1.53 bits per heavy atom. The van der Waals surface area contributed by atoms with Crippen molar-refractivity contribution >= 4 is 11.4 Å². The number of nitro groups is 1. The van der Waals surface area contributed by atoms with Gasteiger partial charge in [-0.05, 0) is 12.1 Å². The summed E-state index contributed by atoms with van der Waals surface area (Å²) in [6.07, 6.45) is -2.52. The molecule has 0 spiro atoms. The Morgan fingerprint density at radius 2 is 2.26 bits per heavy atom. The predicted octanol–water partition coefficient (Wildman–Crippen LogP) is 2.16. The molecule has 0 atom stereocenters. The van der Waals surface area contributed by atoms with Gasteiger partial charge >= 0.3 is 0 Å². The molecule has 0 amide bonds. The van der Waals surface area contributed by atoms with E-state index in [1.807, 2.05) is 0 Å². The molecule has 0 saturated carbocycles. The summed E-state index contributed by atoms with van der Waals surface area (Å²) < 4.78 is 28.2. The second kappa shape index (κ2) is 7.23. The molecule has 0 aromatic heterocycles. The largest absolute Gasteiger partial charge is 0.383 e. The Bertz CT molecular complexity index is 489. The molecule has 0 unspecified atom stereocenters. The van der Waals surface area contributed by atoms with E-state index in [1.165, 1.54) is 18.2 Å². The number of nitrogens with zero attached hydrogens (tertiary/aromatic N) is 2. The van der Waals surface area contributed by atoms with Crippen LogP contribution in [0.3, 0.4) is 0 Å². The molecule has 0 radical (unpaired) electrons. The molecular formula is C11H11F2N3O3. The van der Waals surface area contributed by atoms with Crippen molar-refractivity contribution in [2.45, 2.75) is 6.43 Å². The molecule has 0 fully saturated rings. The van der Waals surface area contributed by atoms with Crippen LogP contribution in [0.4, 0.5) is 20.2 Å². The highest BCUT2D eigenvalue weighted by atomic mass is 19.3. The van der Waals surface area contributed by atoms with E-state index in [2.05, 4.69) is 10.1 Å². The third-order valence-electron chi connectivity index (χ3n) is 2.13. The van der Waals surface area contributed by atoms with Crippen molar-refractivity contribution in [2.75, 3.05) is 25.1 Å². The van der Waals surface area contributed by atoms with Gasteiger partial charge in [-0.2, -0.15) is 5.26 Å². The fraction of sp³-hybridized carbons (Fsp3) is 0.364. The number of nitro benzene ring substituents is 1. The first-order chi connectivity index (χ1) is 9.04. The molecule has 6 nitrogen and oxygen atoms in total. The van der Waals surface area contributed by atoms with Gasteiger partial charge in [-0.25, -0.2) is 8.78 Å². The maximum atomic E-state index is 11.8. The summed E-state index contributed by atoms with van der Waals surface area (Å²) in [5.41, 5.74) is 0.0804. The fourth-order valence-electron chi connectivity index (χ4n) is 1.33. The van der Waals surface area contributed by atoms with E-state index in [-0.39, 0.29) is 24.4 Å². The van der Waals surface area contributed by atoms with Crippen LogP contribution in [0.1, 0.15) is 5.56 Å². The van der Waals surface area contributed by atoms with Crippen molar-refractivity contribution in [3.05, 3.63) is 33.9 Å². The third-order valence-corrected chi connectivity index (χ3v) is 2.13. The van der Waals surface area contributed by atoms with Gasteiger partial charge in [-0.1, -0.05) is 0 Å². The minimum atomic E-state index is -2.52. The molecule has 0 heterocycles. The van der Waals surface area contributed by atoms with Crippen LogP contribution < -0.4 is 5.32 Å². The van der Waals surface area contributed by atoms with E-state index in [9.17, 15) is 18.9 Å². The number of anilines is 1. The smallest absolute Gasteiger partial charge is 0.289 e. The summed E-state index contributed by atoms with van der Waals surface area (Å²) in [5, 5.41) is 22.2. The highest BCUT2D eigenvalue weighted by Gasteiger charge is 2.13. The number of halogens is 2. The Balaban J connectivity index is 2.54. The molecule has 19 heavy (non-hydrogen) atoms. The minimum absolute atomic E-state index is 0.0375. The van der Waals surface area contributed by atoms with Gasteiger partial charge < -0.3 is 10.1 Å². The zero-order valence-corrected chi connectivity index (χ0v) is 9.81. The maximum Gasteiger partial charge on any atom is 0.289 e. The average Bonchev–Trinajstić information content (AvgIpc) is 2.37. The molecule has 0 saturated heterocycles. The van der Waals surface area contributed by atoms with Crippen molar-refractivity contribution in [2.24, 2.45) is 0 Å². The summed E-state index contributed by atoms with van der Waals surface area (Å²) >= 11 is 0. The van der Waals surface area contributed by atoms with Crippen LogP contribution in [-0.4, -0.2) is 31.1 Å². The molecule has 1 aromatic rings. The van der Waals surface area contributed by atoms with Gasteiger partial charge in [0.15, 0.2) is 0 Å². The normalized spacial score (nSPS) is 10.2. The highest BCUT2D eigenvalue weighted by molar-refractivity contribution is 5.59. The number of ether oxygens (including phenoxy) is 1. The Hall–Kier alpha value is -2.27. The summed E-state index contributed by atoms with van der Waals surface area (Å²) in [4.78, 5) is 10.0. The van der Waals surface area contributed by atoms with Gasteiger partial charge in [0, 0.05) is 18.3 Å². The molecule has 8 heteroatoms. The van der Waals surface area contributed by atoms with Gasteiger partial charge in [0.05, 0.1) is 11.5 Å². The van der Waals surface area contributed by atoms with Crippen molar-refractivity contribution in [3.63, 3.8) is 0 Å². The Labute approximate surface area is 107 Å². The molecule has 0 aliphatic heterocycles. The van der Waals surface area contributed by atoms with Gasteiger partial charge in [-0.15, -0.1) is 0 Å². The van der Waals surface area contributed by atoms with Gasteiger partial charge in [0.1, 0.15) is 18.2 Å². The lowest BCUT2D eigenvalue weighted by molar-refractivity contribution is -0.385. The van der Waals surface area contributed by atoms with Crippen LogP contribution in [0.25, 0.3) is 0 Å². The van der Waals surface area contributed by atoms with Crippen molar-refractivity contribution in [1.82, 2.24) is 0 Å². The highest BCUT2D eigenvalue weighted by Crippen LogP contribution is 2.22. The van der Waals surface area contributed by atoms with Crippen molar-refractivity contribution < 1.29 is 18.4 Å². The zero-order valence-electron chi connectivity index (χ0n) is 9.81. The van der Waals surface area contributed by atoms with Gasteiger partial charge in [0.2, 0.25) is 0 Å². The summed E-state index contributed by atoms with van der Waals surface area (Å²) in [7, 11) is 0. The first-order valence-corrected chi connectivity index (χ1v) is 5.33. The Morgan fingerprint density at radius 3 is 2.84 bits per heavy atom. The lowest BCUT2D eigenvalue weighted by Crippen LogP contribution is -2.13. The average molecular weight is 271 g/mol. The zero-order chi connectivity index (χ0) is 14.3. The second-order valence-electron chi connectivity index (χ2n) is 3.49. The molecule has 1 N–H and O–H groups in total. The molecule has 0 bridgehead atoms. The van der Waals surface area contributed by atoms with Crippen LogP contribution in [0, 0.1) is 21.4 Å². The summed E-state index contributed by atoms with van der Waals surface area (Å²) in [6, 6.07) is 5.75. The van der Waals surface area contributed by atoms with Gasteiger partial charge in [-0.3, -0.25) is 10.1 Å². The van der Waals surface area contributed by atoms with Crippen LogP contribution in [-0.2, 0) is 4.74 Å². The number of rotatable bonds is 7. The molecule has 0 aliphatic carbocycles. The molecule has 1 aromatic carbocycles. The number of benzene rings is 1. The van der Waals surface area contributed by atoms with Crippen LogP contribution >= 0.6 is 0 Å².